The van der Waals surface area contributed by atoms with Gasteiger partial charge in [-0.25, -0.2) is 0 Å². The Morgan fingerprint density at radius 1 is 1.33 bits per heavy atom. The van der Waals surface area contributed by atoms with Gasteiger partial charge in [0.05, 0.1) is 12.1 Å². The zero-order valence-corrected chi connectivity index (χ0v) is 10.1. The fourth-order valence-electron chi connectivity index (χ4n) is 1.90. The molecular formula is C13H21NO. The van der Waals surface area contributed by atoms with Gasteiger partial charge in [-0.1, -0.05) is 30.7 Å². The van der Waals surface area contributed by atoms with Crippen molar-refractivity contribution >= 4 is 0 Å². The molecule has 0 radical (unpaired) electrons. The van der Waals surface area contributed by atoms with Crippen molar-refractivity contribution in [3.05, 3.63) is 34.9 Å². The summed E-state index contributed by atoms with van der Waals surface area (Å²) >= 11 is 0. The maximum Gasteiger partial charge on any atom is 0.0684 e. The molecule has 1 rings (SSSR count). The molecule has 2 nitrogen and oxygen atoms in total. The van der Waals surface area contributed by atoms with Crippen LogP contribution in [0.4, 0.5) is 0 Å². The van der Waals surface area contributed by atoms with Crippen LogP contribution in [0.3, 0.4) is 0 Å². The van der Waals surface area contributed by atoms with Crippen molar-refractivity contribution in [3.8, 4) is 0 Å². The van der Waals surface area contributed by atoms with Gasteiger partial charge in [0.25, 0.3) is 0 Å². The first-order valence-corrected chi connectivity index (χ1v) is 5.39. The van der Waals surface area contributed by atoms with E-state index in [9.17, 15) is 0 Å². The second kappa shape index (κ2) is 4.77. The van der Waals surface area contributed by atoms with E-state index in [0.717, 1.165) is 6.42 Å². The molecule has 0 saturated heterocycles. The molecule has 84 valence electrons. The van der Waals surface area contributed by atoms with Gasteiger partial charge in [0, 0.05) is 7.11 Å². The van der Waals surface area contributed by atoms with Crippen LogP contribution in [0.5, 0.6) is 0 Å². The van der Waals surface area contributed by atoms with Gasteiger partial charge in [-0.15, -0.1) is 0 Å². The first-order chi connectivity index (χ1) is 7.03. The minimum absolute atomic E-state index is 0.356. The van der Waals surface area contributed by atoms with E-state index in [1.165, 1.54) is 16.7 Å². The Hall–Kier alpha value is -0.860. The summed E-state index contributed by atoms with van der Waals surface area (Å²) in [7, 11) is 1.70. The summed E-state index contributed by atoms with van der Waals surface area (Å²) in [6, 6.07) is 6.40. The van der Waals surface area contributed by atoms with Crippen LogP contribution in [0.2, 0.25) is 0 Å². The molecule has 0 heterocycles. The molecule has 0 saturated carbocycles. The molecule has 2 N–H and O–H groups in total. The van der Waals surface area contributed by atoms with E-state index in [0.29, 0.717) is 6.61 Å². The van der Waals surface area contributed by atoms with Crippen molar-refractivity contribution in [2.24, 2.45) is 5.73 Å². The summed E-state index contributed by atoms with van der Waals surface area (Å²) in [5.41, 5.74) is 9.70. The predicted molar refractivity (Wildman–Crippen MR) is 63.9 cm³/mol. The van der Waals surface area contributed by atoms with E-state index in [2.05, 4.69) is 39.0 Å². The largest absolute Gasteiger partial charge is 0.382 e. The van der Waals surface area contributed by atoms with E-state index in [-0.39, 0.29) is 5.54 Å². The fraction of sp³-hybridized carbons (Fsp3) is 0.538. The quantitative estimate of drug-likeness (QED) is 0.823. The molecule has 15 heavy (non-hydrogen) atoms. The van der Waals surface area contributed by atoms with Gasteiger partial charge in [0.1, 0.15) is 0 Å². The van der Waals surface area contributed by atoms with Crippen molar-refractivity contribution in [2.75, 3.05) is 13.7 Å². The lowest BCUT2D eigenvalue weighted by molar-refractivity contribution is 0.129. The molecular weight excluding hydrogens is 186 g/mol. The van der Waals surface area contributed by atoms with Crippen molar-refractivity contribution in [1.82, 2.24) is 0 Å². The molecule has 1 unspecified atom stereocenters. The lowest BCUT2D eigenvalue weighted by Gasteiger charge is -2.29. The fourth-order valence-corrected chi connectivity index (χ4v) is 1.90. The van der Waals surface area contributed by atoms with Crippen LogP contribution >= 0.6 is 0 Å². The van der Waals surface area contributed by atoms with Crippen molar-refractivity contribution in [1.29, 1.82) is 0 Å². The van der Waals surface area contributed by atoms with Crippen LogP contribution in [-0.4, -0.2) is 13.7 Å². The van der Waals surface area contributed by atoms with Crippen LogP contribution in [0.1, 0.15) is 30.0 Å². The summed E-state index contributed by atoms with van der Waals surface area (Å²) in [5, 5.41) is 0. The van der Waals surface area contributed by atoms with Gasteiger partial charge in [-0.2, -0.15) is 0 Å². The number of nitrogens with two attached hydrogens (primary N) is 1. The average Bonchev–Trinajstić information content (AvgIpc) is 2.22. The number of rotatable bonds is 4. The van der Waals surface area contributed by atoms with E-state index in [4.69, 9.17) is 10.5 Å². The monoisotopic (exact) mass is 207 g/mol. The first kappa shape index (κ1) is 12.2. The molecule has 0 aliphatic carbocycles. The Morgan fingerprint density at radius 3 is 2.53 bits per heavy atom. The first-order valence-electron chi connectivity index (χ1n) is 5.39. The topological polar surface area (TPSA) is 35.2 Å². The van der Waals surface area contributed by atoms with Crippen LogP contribution in [0, 0.1) is 13.8 Å². The van der Waals surface area contributed by atoms with Gasteiger partial charge in [0.15, 0.2) is 0 Å². The summed E-state index contributed by atoms with van der Waals surface area (Å²) in [6.45, 7) is 6.85. The Bertz CT molecular complexity index is 335. The van der Waals surface area contributed by atoms with Crippen molar-refractivity contribution in [2.45, 2.75) is 32.7 Å². The van der Waals surface area contributed by atoms with Gasteiger partial charge >= 0.3 is 0 Å². The molecule has 1 aromatic rings. The van der Waals surface area contributed by atoms with E-state index >= 15 is 0 Å². The number of hydrogen-bond donors (Lipinski definition) is 1. The lowest BCUT2D eigenvalue weighted by atomic mass is 9.85. The zero-order chi connectivity index (χ0) is 11.5. The molecule has 0 aliphatic rings. The van der Waals surface area contributed by atoms with Gasteiger partial charge in [0.2, 0.25) is 0 Å². The highest BCUT2D eigenvalue weighted by molar-refractivity contribution is 5.36. The van der Waals surface area contributed by atoms with Crippen LogP contribution in [0.25, 0.3) is 0 Å². The predicted octanol–water partition coefficient (Wildman–Crippen LogP) is 2.51. The second-order valence-corrected chi connectivity index (χ2v) is 4.26. The molecule has 1 aromatic carbocycles. The van der Waals surface area contributed by atoms with Crippen LogP contribution in [0.15, 0.2) is 18.2 Å². The third kappa shape index (κ3) is 2.58. The average molecular weight is 207 g/mol. The minimum Gasteiger partial charge on any atom is -0.382 e. The number of benzene rings is 1. The van der Waals surface area contributed by atoms with Gasteiger partial charge < -0.3 is 10.5 Å². The summed E-state index contributed by atoms with van der Waals surface area (Å²) in [4.78, 5) is 0. The minimum atomic E-state index is -0.356. The maximum atomic E-state index is 6.37. The lowest BCUT2D eigenvalue weighted by Crippen LogP contribution is -2.41. The second-order valence-electron chi connectivity index (χ2n) is 4.26. The van der Waals surface area contributed by atoms with E-state index in [1.807, 2.05) is 0 Å². The normalized spacial score (nSPS) is 15.0. The number of aryl methyl sites for hydroxylation is 2. The summed E-state index contributed by atoms with van der Waals surface area (Å²) < 4.78 is 5.22. The molecule has 1 atom stereocenters. The standard InChI is InChI=1S/C13H21NO/c1-5-13(14,9-15-4)12-8-10(2)6-7-11(12)3/h6-8H,5,9,14H2,1-4H3. The van der Waals surface area contributed by atoms with Crippen LogP contribution < -0.4 is 5.73 Å². The number of methoxy groups -OCH3 is 1. The number of ether oxygens (including phenoxy) is 1. The molecule has 0 spiro atoms. The molecule has 0 fully saturated rings. The Morgan fingerprint density at radius 2 is 2.00 bits per heavy atom. The molecule has 0 amide bonds. The van der Waals surface area contributed by atoms with Crippen molar-refractivity contribution < 1.29 is 4.74 Å². The highest BCUT2D eigenvalue weighted by atomic mass is 16.5. The number of hydrogen-bond acceptors (Lipinski definition) is 2. The van der Waals surface area contributed by atoms with Gasteiger partial charge in [-0.05, 0) is 31.4 Å². The maximum absolute atomic E-state index is 6.37. The Balaban J connectivity index is 3.16. The molecule has 2 heteroatoms. The Kier molecular flexibility index (Phi) is 3.89. The molecule has 0 aliphatic heterocycles. The Labute approximate surface area is 92.4 Å². The SMILES string of the molecule is CCC(N)(COC)c1cc(C)ccc1C. The molecule has 0 aromatic heterocycles. The smallest absolute Gasteiger partial charge is 0.0684 e. The van der Waals surface area contributed by atoms with Crippen LogP contribution in [-0.2, 0) is 10.3 Å². The third-order valence-electron chi connectivity index (χ3n) is 2.96. The van der Waals surface area contributed by atoms with E-state index in [1.54, 1.807) is 7.11 Å². The third-order valence-corrected chi connectivity index (χ3v) is 2.96. The highest BCUT2D eigenvalue weighted by Crippen LogP contribution is 2.26. The van der Waals surface area contributed by atoms with Crippen molar-refractivity contribution in [3.63, 3.8) is 0 Å². The summed E-state index contributed by atoms with van der Waals surface area (Å²) in [6.07, 6.45) is 0.880. The molecule has 0 bridgehead atoms. The highest BCUT2D eigenvalue weighted by Gasteiger charge is 2.26. The zero-order valence-electron chi connectivity index (χ0n) is 10.1. The summed E-state index contributed by atoms with van der Waals surface area (Å²) in [5.74, 6) is 0. The van der Waals surface area contributed by atoms with E-state index < -0.39 is 0 Å². The van der Waals surface area contributed by atoms with Gasteiger partial charge in [-0.3, -0.25) is 0 Å².